The van der Waals surface area contributed by atoms with Gasteiger partial charge in [-0.25, -0.2) is 0 Å². The van der Waals surface area contributed by atoms with E-state index in [1.54, 1.807) is 6.26 Å². The first-order valence-corrected chi connectivity index (χ1v) is 17.9. The summed E-state index contributed by atoms with van der Waals surface area (Å²) in [5.41, 5.74) is 7.40. The molecule has 0 amide bonds. The second-order valence-corrected chi connectivity index (χ2v) is 14.5. The fraction of sp³-hybridized carbons (Fsp3) is 0.409. The van der Waals surface area contributed by atoms with Crippen LogP contribution in [0.1, 0.15) is 99.3 Å². The third kappa shape index (κ3) is 9.53. The fourth-order valence-electron chi connectivity index (χ4n) is 6.47. The Labute approximate surface area is 313 Å². The van der Waals surface area contributed by atoms with Crippen molar-refractivity contribution in [3.8, 4) is 22.4 Å². The number of fused-ring (bicyclic) bond motifs is 2. The van der Waals surface area contributed by atoms with E-state index in [2.05, 4.69) is 90.2 Å². The number of aromatic nitrogens is 2. The van der Waals surface area contributed by atoms with Gasteiger partial charge in [0.25, 0.3) is 0 Å². The van der Waals surface area contributed by atoms with Gasteiger partial charge in [0.15, 0.2) is 11.4 Å². The normalized spacial score (nSPS) is 12.0. The fourth-order valence-corrected chi connectivity index (χ4v) is 6.47. The minimum atomic E-state index is 0. The minimum absolute atomic E-state index is 0. The summed E-state index contributed by atoms with van der Waals surface area (Å²) >= 11 is 0. The number of allylic oxidation sites excluding steroid dienone is 2. The van der Waals surface area contributed by atoms with Crippen LogP contribution in [0, 0.1) is 30.9 Å². The van der Waals surface area contributed by atoms with Gasteiger partial charge in [-0.15, -0.1) is 29.1 Å². The summed E-state index contributed by atoms with van der Waals surface area (Å²) in [6, 6.07) is 20.7. The number of aliphatic hydroxyl groups is 1. The van der Waals surface area contributed by atoms with Crippen LogP contribution in [-0.2, 0) is 36.7 Å². The van der Waals surface area contributed by atoms with E-state index in [-0.39, 0.29) is 48.9 Å². The van der Waals surface area contributed by atoms with Gasteiger partial charge in [-0.1, -0.05) is 91.5 Å². The van der Waals surface area contributed by atoms with Gasteiger partial charge in [-0.2, -0.15) is 0 Å². The van der Waals surface area contributed by atoms with Gasteiger partial charge < -0.3 is 14.1 Å². The van der Waals surface area contributed by atoms with Crippen LogP contribution >= 0.6 is 0 Å². The number of hydrogen-bond donors (Lipinski definition) is 1. The number of pyridine rings is 2. The SMILES string of the molecule is CCC(CC)C(=O)/C=C(\O)C(CC)CC.[CH2-][n+]1ccc(-c2cnc(CC(C)C)c3occc23)cc1-c1[c-]c2ccccc2c(C(C)(C)C)c1.[Ir]. The third-order valence-electron chi connectivity index (χ3n) is 9.46. The summed E-state index contributed by atoms with van der Waals surface area (Å²) in [5, 5.41) is 13.2. The van der Waals surface area contributed by atoms with Crippen molar-refractivity contribution in [1.29, 1.82) is 0 Å². The maximum Gasteiger partial charge on any atom is 0.162 e. The van der Waals surface area contributed by atoms with Crippen molar-refractivity contribution >= 4 is 27.5 Å². The van der Waals surface area contributed by atoms with Crippen molar-refractivity contribution in [3.63, 3.8) is 0 Å². The van der Waals surface area contributed by atoms with E-state index in [0.717, 1.165) is 76.5 Å². The molecule has 3 aromatic heterocycles. The molecule has 5 rings (SSSR count). The largest absolute Gasteiger partial charge is 0.512 e. The number of benzene rings is 2. The summed E-state index contributed by atoms with van der Waals surface area (Å²) in [4.78, 5) is 16.5. The van der Waals surface area contributed by atoms with Gasteiger partial charge in [-0.3, -0.25) is 9.78 Å². The van der Waals surface area contributed by atoms with Crippen molar-refractivity contribution in [3.05, 3.63) is 103 Å². The van der Waals surface area contributed by atoms with Gasteiger partial charge in [-0.05, 0) is 67.2 Å². The monoisotopic (exact) mass is 852 g/mol. The summed E-state index contributed by atoms with van der Waals surface area (Å²) < 4.78 is 7.79. The molecule has 1 N–H and O–H groups in total. The number of ketones is 1. The Morgan fingerprint density at radius 1 is 0.980 bits per heavy atom. The standard InChI is InChI=1S/C31H31N2O.C13H24O2.Ir/c1-20(2)15-28-30-25(12-14-34-30)26(19-32-28)22-11-13-33(6)29(18-22)23-16-21-9-7-8-10-24(21)27(17-23)31(3,4)5;1-5-10(6-2)12(14)9-13(15)11(7-3)8-4;/h7-14,17-20H,6,15H2,1-5H3;9-11,14H,5-8H2,1-4H3;/q-1;;/b;12-9-;. The maximum absolute atomic E-state index is 11.7. The average Bonchev–Trinajstić information content (AvgIpc) is 3.56. The molecule has 0 aliphatic heterocycles. The Kier molecular flexibility index (Phi) is 14.6. The number of furan rings is 1. The van der Waals surface area contributed by atoms with Gasteiger partial charge >= 0.3 is 0 Å². The van der Waals surface area contributed by atoms with Crippen molar-refractivity contribution in [2.45, 2.75) is 99.8 Å². The van der Waals surface area contributed by atoms with E-state index in [0.29, 0.717) is 5.92 Å². The van der Waals surface area contributed by atoms with Crippen molar-refractivity contribution < 1.29 is 39.0 Å². The number of rotatable bonds is 11. The zero-order valence-electron chi connectivity index (χ0n) is 31.4. The molecule has 50 heavy (non-hydrogen) atoms. The Bertz CT molecular complexity index is 1910. The Hall–Kier alpha value is -3.73. The molecule has 0 saturated heterocycles. The smallest absolute Gasteiger partial charge is 0.162 e. The molecule has 0 saturated carbocycles. The molecule has 0 bridgehead atoms. The summed E-state index contributed by atoms with van der Waals surface area (Å²) in [6.45, 7) is 19.2. The Balaban J connectivity index is 0.000000361. The Morgan fingerprint density at radius 2 is 1.64 bits per heavy atom. The molecule has 6 heteroatoms. The molecule has 5 nitrogen and oxygen atoms in total. The molecule has 1 radical (unpaired) electrons. The molecular formula is C44H55IrN2O3-. The van der Waals surface area contributed by atoms with E-state index in [1.165, 1.54) is 17.0 Å². The molecule has 2 aromatic carbocycles. The maximum atomic E-state index is 11.7. The van der Waals surface area contributed by atoms with Crippen molar-refractivity contribution in [2.75, 3.05) is 0 Å². The molecule has 0 spiro atoms. The molecule has 5 aromatic rings. The van der Waals surface area contributed by atoms with E-state index in [9.17, 15) is 9.90 Å². The van der Waals surface area contributed by atoms with Gasteiger partial charge in [0.05, 0.1) is 23.9 Å². The predicted octanol–water partition coefficient (Wildman–Crippen LogP) is 11.4. The number of hydrogen-bond acceptors (Lipinski definition) is 4. The van der Waals surface area contributed by atoms with Crippen LogP contribution in [-0.4, -0.2) is 15.9 Å². The number of carbonyl (C=O) groups excluding carboxylic acids is 1. The first-order chi connectivity index (χ1) is 23.3. The number of carbonyl (C=O) groups is 1. The topological polar surface area (TPSA) is 67.2 Å². The molecular weight excluding hydrogens is 797 g/mol. The summed E-state index contributed by atoms with van der Waals surface area (Å²) in [7, 11) is 4.27. The first kappa shape index (κ1) is 40.7. The number of nitrogens with zero attached hydrogens (tertiary/aromatic N) is 2. The van der Waals surface area contributed by atoms with Crippen LogP contribution in [0.15, 0.2) is 83.4 Å². The molecule has 0 aliphatic rings. The molecule has 0 atom stereocenters. The zero-order valence-corrected chi connectivity index (χ0v) is 33.8. The minimum Gasteiger partial charge on any atom is -0.512 e. The van der Waals surface area contributed by atoms with Crippen LogP contribution in [0.4, 0.5) is 0 Å². The van der Waals surface area contributed by atoms with Crippen LogP contribution in [0.2, 0.25) is 0 Å². The second-order valence-electron chi connectivity index (χ2n) is 14.5. The molecule has 0 aliphatic carbocycles. The first-order valence-electron chi connectivity index (χ1n) is 17.9. The van der Waals surface area contributed by atoms with E-state index in [4.69, 9.17) is 9.40 Å². The van der Waals surface area contributed by atoms with Crippen molar-refractivity contribution in [2.24, 2.45) is 17.8 Å². The van der Waals surface area contributed by atoms with Gasteiger partial charge in [0.1, 0.15) is 5.69 Å². The molecule has 3 heterocycles. The van der Waals surface area contributed by atoms with Crippen molar-refractivity contribution in [1.82, 2.24) is 4.98 Å². The van der Waals surface area contributed by atoms with E-state index in [1.807, 2.05) is 50.7 Å². The van der Waals surface area contributed by atoms with E-state index < -0.39 is 0 Å². The summed E-state index contributed by atoms with van der Waals surface area (Å²) in [6.07, 6.45) is 11.6. The third-order valence-corrected chi connectivity index (χ3v) is 9.46. The van der Waals surface area contributed by atoms with Crippen LogP contribution in [0.3, 0.4) is 0 Å². The molecule has 0 unspecified atom stereocenters. The predicted molar refractivity (Wildman–Crippen MR) is 203 cm³/mol. The van der Waals surface area contributed by atoms with Crippen LogP contribution < -0.4 is 4.57 Å². The quantitative estimate of drug-likeness (QED) is 0.0622. The molecule has 0 fully saturated rings. The van der Waals surface area contributed by atoms with Crippen LogP contribution in [0.5, 0.6) is 0 Å². The summed E-state index contributed by atoms with van der Waals surface area (Å²) in [5.74, 6) is 1.06. The average molecular weight is 852 g/mol. The van der Waals surface area contributed by atoms with E-state index >= 15 is 0 Å². The number of aliphatic hydroxyl groups excluding tert-OH is 1. The Morgan fingerprint density at radius 3 is 2.26 bits per heavy atom. The zero-order chi connectivity index (χ0) is 35.9. The van der Waals surface area contributed by atoms with Gasteiger partial charge in [0.2, 0.25) is 0 Å². The molecule has 269 valence electrons. The van der Waals surface area contributed by atoms with Gasteiger partial charge in [0, 0.05) is 62.2 Å². The van der Waals surface area contributed by atoms with Crippen LogP contribution in [0.25, 0.3) is 44.1 Å². The second kappa shape index (κ2) is 18.0.